The minimum Gasteiger partial charge on any atom is -0.455 e. The molecular formula is C38H55FN6O10S. The Balaban J connectivity index is 1.53. The van der Waals surface area contributed by atoms with Crippen molar-refractivity contribution in [1.82, 2.24) is 30.4 Å². The number of aromatic nitrogens is 4. The van der Waals surface area contributed by atoms with E-state index in [9.17, 15) is 24.3 Å². The lowest BCUT2D eigenvalue weighted by atomic mass is 9.75. The first kappa shape index (κ1) is 43.4. The predicted octanol–water partition coefficient (Wildman–Crippen LogP) is 3.66. The summed E-state index contributed by atoms with van der Waals surface area (Å²) in [7, 11) is 5.30. The number of aliphatic hydroxyl groups excluding tert-OH is 1. The lowest BCUT2D eigenvalue weighted by Crippen LogP contribution is -2.60. The third-order valence-electron chi connectivity index (χ3n) is 11.3. The van der Waals surface area contributed by atoms with E-state index in [2.05, 4.69) is 20.7 Å². The van der Waals surface area contributed by atoms with E-state index < -0.39 is 83.6 Å². The Kier molecular flexibility index (Phi) is 13.2. The van der Waals surface area contributed by atoms with E-state index in [0.717, 1.165) is 16.7 Å². The second kappa shape index (κ2) is 17.0. The maximum atomic E-state index is 16.6. The summed E-state index contributed by atoms with van der Waals surface area (Å²) in [4.78, 5) is 59.5. The molecule has 56 heavy (non-hydrogen) atoms. The fraction of sp³-hybridized carbons (Fsp3) is 0.711. The van der Waals surface area contributed by atoms with Crippen molar-refractivity contribution in [2.24, 2.45) is 18.9 Å². The summed E-state index contributed by atoms with van der Waals surface area (Å²) in [6.45, 7) is 10.8. The monoisotopic (exact) mass is 806 g/mol. The molecule has 3 aliphatic rings. The minimum atomic E-state index is -3.17. The zero-order valence-corrected chi connectivity index (χ0v) is 34.5. The van der Waals surface area contributed by atoms with E-state index in [1.807, 2.05) is 44.1 Å². The molecule has 5 rings (SSSR count). The number of aryl methyl sites for hydroxylation is 1. The van der Waals surface area contributed by atoms with Crippen molar-refractivity contribution in [2.75, 3.05) is 20.7 Å². The Morgan fingerprint density at radius 2 is 1.88 bits per heavy atom. The van der Waals surface area contributed by atoms with Crippen molar-refractivity contribution in [3.8, 4) is 10.7 Å². The van der Waals surface area contributed by atoms with Crippen molar-refractivity contribution in [2.45, 2.75) is 134 Å². The minimum absolute atomic E-state index is 0.0399. The molecular weight excluding hydrogens is 752 g/mol. The molecule has 0 aliphatic carbocycles. The Labute approximate surface area is 330 Å². The van der Waals surface area contributed by atoms with Gasteiger partial charge >= 0.3 is 12.1 Å². The highest BCUT2D eigenvalue weighted by Gasteiger charge is 2.58. The van der Waals surface area contributed by atoms with E-state index in [1.54, 1.807) is 40.8 Å². The number of halogens is 1. The van der Waals surface area contributed by atoms with E-state index in [1.165, 1.54) is 23.1 Å². The molecule has 3 aliphatic heterocycles. The Bertz CT molecular complexity index is 1790. The lowest BCUT2D eigenvalue weighted by molar-refractivity contribution is -0.291. The van der Waals surface area contributed by atoms with Gasteiger partial charge in [0.1, 0.15) is 18.0 Å². The van der Waals surface area contributed by atoms with Crippen LogP contribution in [-0.4, -0.2) is 134 Å². The molecule has 0 saturated carbocycles. The smallest absolute Gasteiger partial charge is 0.408 e. The van der Waals surface area contributed by atoms with Crippen molar-refractivity contribution in [3.63, 3.8) is 0 Å². The van der Waals surface area contributed by atoms with Gasteiger partial charge in [-0.25, -0.2) is 14.0 Å². The van der Waals surface area contributed by atoms with Gasteiger partial charge in [0.2, 0.25) is 5.82 Å². The number of likely N-dealkylation sites (N-methyl/N-ethyl adjacent to an activating group) is 1. The Hall–Kier alpha value is -3.68. The summed E-state index contributed by atoms with van der Waals surface area (Å²) < 4.78 is 47.0. The van der Waals surface area contributed by atoms with Crippen molar-refractivity contribution >= 4 is 41.0 Å². The van der Waals surface area contributed by atoms with Crippen molar-refractivity contribution in [1.29, 1.82) is 0 Å². The van der Waals surface area contributed by atoms with Gasteiger partial charge < -0.3 is 39.0 Å². The average molecular weight is 807 g/mol. The largest absolute Gasteiger partial charge is 0.455 e. The number of ether oxygens (including phenoxy) is 5. The van der Waals surface area contributed by atoms with Crippen LogP contribution in [-0.2, 0) is 45.1 Å². The standard InChI is InChI=1S/C38H55FN6O10S/c1-11-27-38(7)31(40-35(50)55-38)22(4)29(47)20(2)19-36(5,51-16-12-13-23-14-15-25(56-23)32-41-43-45(10)42-32)28(18-26(46)37(6,39)34(49)54-27)53-33-30(48)24(44(8)9)17-21(3)52-33/h12-15,20-22,24,27-28,30-31,33,48H,11,16-19H2,1-10H3,(H,40,50)/b13-12+/t20-,21-,22+,24+,27-,28-,30-,31-,33?,36+,37+,38-/m1/s1. The first-order chi connectivity index (χ1) is 26.2. The number of cyclic esters (lactones) is 1. The number of rotatable bonds is 9. The molecule has 3 saturated heterocycles. The number of carbonyl (C=O) groups excluding carboxylic acids is 4. The highest BCUT2D eigenvalue weighted by Crippen LogP contribution is 2.40. The molecule has 2 aromatic heterocycles. The summed E-state index contributed by atoms with van der Waals surface area (Å²) >= 11 is 1.43. The van der Waals surface area contributed by atoms with Crippen LogP contribution in [0.25, 0.3) is 16.8 Å². The molecule has 2 aromatic rings. The van der Waals surface area contributed by atoms with Gasteiger partial charge in [-0.1, -0.05) is 26.8 Å². The van der Waals surface area contributed by atoms with Gasteiger partial charge in [0.15, 0.2) is 17.7 Å². The SMILES string of the molecule is CC[C@H]1OC(=O)[C@@](C)(F)C(=O)C[C@@H](OC2O[C@H](C)C[C@H](N(C)C)[C@H]2O)[C@@](C)(OC/C=C/c2ccc(-c3nnn(C)n3)s2)C[C@@H](C)C(=O)[C@H](C)[C@H]2NC(=O)O[C@@]21C. The van der Waals surface area contributed by atoms with Gasteiger partial charge in [-0.05, 0) is 84.5 Å². The second-order valence-corrected chi connectivity index (χ2v) is 17.1. The van der Waals surface area contributed by atoms with E-state index in [4.69, 9.17) is 23.7 Å². The average Bonchev–Trinajstić information content (AvgIpc) is 3.87. The van der Waals surface area contributed by atoms with E-state index in [0.29, 0.717) is 12.2 Å². The highest BCUT2D eigenvalue weighted by atomic mass is 32.1. The molecule has 3 fully saturated rings. The van der Waals surface area contributed by atoms with Crippen LogP contribution in [0.3, 0.4) is 0 Å². The van der Waals surface area contributed by atoms with Crippen molar-refractivity contribution < 1.29 is 52.4 Å². The van der Waals surface area contributed by atoms with Gasteiger partial charge in [-0.3, -0.25) is 9.59 Å². The summed E-state index contributed by atoms with van der Waals surface area (Å²) in [5.41, 5.74) is -6.25. The van der Waals surface area contributed by atoms with E-state index in [-0.39, 0.29) is 37.4 Å². The van der Waals surface area contributed by atoms with Crippen LogP contribution < -0.4 is 5.32 Å². The second-order valence-electron chi connectivity index (χ2n) is 16.0. The molecule has 0 aromatic carbocycles. The molecule has 1 amide bonds. The van der Waals surface area contributed by atoms with Crippen LogP contribution in [0.15, 0.2) is 18.2 Å². The number of esters is 1. The number of hydrogen-bond acceptors (Lipinski definition) is 15. The number of nitrogens with zero attached hydrogens (tertiary/aromatic N) is 5. The van der Waals surface area contributed by atoms with Crippen LogP contribution in [0.4, 0.5) is 9.18 Å². The molecule has 1 unspecified atom stereocenters. The van der Waals surface area contributed by atoms with Gasteiger partial charge in [0.05, 0.1) is 42.4 Å². The number of nitrogens with one attached hydrogen (secondary N) is 1. The summed E-state index contributed by atoms with van der Waals surface area (Å²) in [6.07, 6.45) is -2.78. The maximum Gasteiger partial charge on any atom is 0.408 e. The number of fused-ring (bicyclic) bond motifs is 1. The molecule has 0 bridgehead atoms. The quantitative estimate of drug-likeness (QED) is 0.276. The third kappa shape index (κ3) is 9.05. The van der Waals surface area contributed by atoms with Crippen molar-refractivity contribution in [3.05, 3.63) is 23.1 Å². The Morgan fingerprint density at radius 1 is 1.16 bits per heavy atom. The molecule has 18 heteroatoms. The fourth-order valence-electron chi connectivity index (χ4n) is 7.95. The number of amides is 1. The number of alkyl carbamates (subject to hydrolysis) is 1. The van der Waals surface area contributed by atoms with Crippen LogP contribution in [0.2, 0.25) is 0 Å². The number of alkyl halides is 1. The summed E-state index contributed by atoms with van der Waals surface area (Å²) in [5.74, 6) is -4.07. The number of ketones is 2. The number of aliphatic hydroxyl groups is 1. The van der Waals surface area contributed by atoms with Gasteiger partial charge in [0, 0.05) is 29.2 Å². The number of Topliss-reactive ketones (excluding diaryl/α,β-unsaturated/α-hetero) is 2. The predicted molar refractivity (Wildman–Crippen MR) is 202 cm³/mol. The zero-order chi connectivity index (χ0) is 41.3. The zero-order valence-electron chi connectivity index (χ0n) is 33.7. The maximum absolute atomic E-state index is 16.6. The topological polar surface area (TPSA) is 194 Å². The van der Waals surface area contributed by atoms with Gasteiger partial charge in [-0.15, -0.1) is 21.5 Å². The van der Waals surface area contributed by atoms with Crippen LogP contribution in [0.1, 0.15) is 79.0 Å². The normalized spacial score (nSPS) is 37.6. The third-order valence-corrected chi connectivity index (χ3v) is 12.3. The highest BCUT2D eigenvalue weighted by molar-refractivity contribution is 7.16. The van der Waals surface area contributed by atoms with Crippen LogP contribution in [0, 0.1) is 11.8 Å². The number of tetrazole rings is 1. The molecule has 0 radical (unpaired) electrons. The number of hydrogen-bond donors (Lipinski definition) is 2. The molecule has 16 nitrogen and oxygen atoms in total. The number of thiophene rings is 1. The first-order valence-corrected chi connectivity index (χ1v) is 19.8. The molecule has 2 N–H and O–H groups in total. The molecule has 310 valence electrons. The van der Waals surface area contributed by atoms with Crippen LogP contribution in [0.5, 0.6) is 0 Å². The van der Waals surface area contributed by atoms with E-state index >= 15 is 4.39 Å². The summed E-state index contributed by atoms with van der Waals surface area (Å²) in [5, 5.41) is 26.3. The number of carbonyl (C=O) groups is 4. The Morgan fingerprint density at radius 3 is 2.52 bits per heavy atom. The first-order valence-electron chi connectivity index (χ1n) is 19.0. The molecule has 12 atom stereocenters. The fourth-order valence-corrected chi connectivity index (χ4v) is 8.81. The van der Waals surface area contributed by atoms with Gasteiger partial charge in [-0.2, -0.15) is 4.80 Å². The summed E-state index contributed by atoms with van der Waals surface area (Å²) in [6, 6.07) is 2.41. The lowest BCUT2D eigenvalue weighted by Gasteiger charge is -2.46. The van der Waals surface area contributed by atoms with Crippen LogP contribution >= 0.6 is 11.3 Å². The molecule has 5 heterocycles. The molecule has 0 spiro atoms. The van der Waals surface area contributed by atoms with Gasteiger partial charge in [0.25, 0.3) is 5.67 Å².